The molecule has 9 nitrogen and oxygen atoms in total. The predicted octanol–water partition coefficient (Wildman–Crippen LogP) is 2.79. The fourth-order valence-electron chi connectivity index (χ4n) is 3.73. The summed E-state index contributed by atoms with van der Waals surface area (Å²) in [7, 11) is 1.90. The lowest BCUT2D eigenvalue weighted by Gasteiger charge is -2.18. The molecule has 4 aromatic heterocycles. The summed E-state index contributed by atoms with van der Waals surface area (Å²) in [6.07, 6.45) is 5.03. The molecule has 0 amide bonds. The van der Waals surface area contributed by atoms with Crippen molar-refractivity contribution in [1.82, 2.24) is 29.5 Å². The summed E-state index contributed by atoms with van der Waals surface area (Å²) < 4.78 is 7.81. The molecular formula is C19H21ClN8O. The van der Waals surface area contributed by atoms with E-state index in [1.165, 1.54) is 0 Å². The molecule has 1 aliphatic rings. The molecule has 1 atom stereocenters. The van der Waals surface area contributed by atoms with Gasteiger partial charge in [0.2, 0.25) is 0 Å². The number of hydrogen-bond donors (Lipinski definition) is 2. The van der Waals surface area contributed by atoms with Crippen molar-refractivity contribution >= 4 is 39.6 Å². The van der Waals surface area contributed by atoms with Crippen LogP contribution >= 0.6 is 11.6 Å². The molecule has 0 aliphatic carbocycles. The third-order valence-electron chi connectivity index (χ3n) is 5.24. The molecule has 0 radical (unpaired) electrons. The van der Waals surface area contributed by atoms with Crippen LogP contribution in [0.5, 0.6) is 11.8 Å². The van der Waals surface area contributed by atoms with Crippen LogP contribution in [0.15, 0.2) is 18.6 Å². The maximum absolute atomic E-state index is 6.63. The van der Waals surface area contributed by atoms with Gasteiger partial charge in [-0.1, -0.05) is 18.5 Å². The quantitative estimate of drug-likeness (QED) is 0.530. The van der Waals surface area contributed by atoms with Gasteiger partial charge in [0.1, 0.15) is 17.0 Å². The summed E-state index contributed by atoms with van der Waals surface area (Å²) in [5.41, 5.74) is 9.22. The van der Waals surface area contributed by atoms with Crippen molar-refractivity contribution in [2.75, 3.05) is 18.0 Å². The van der Waals surface area contributed by atoms with Crippen LogP contribution in [0, 0.1) is 0 Å². The second kappa shape index (κ2) is 6.85. The van der Waals surface area contributed by atoms with E-state index in [0.29, 0.717) is 16.4 Å². The Morgan fingerprint density at radius 2 is 2.21 bits per heavy atom. The third kappa shape index (κ3) is 3.06. The minimum absolute atomic E-state index is 0.114. The van der Waals surface area contributed by atoms with Crippen LogP contribution in [0.2, 0.25) is 5.02 Å². The van der Waals surface area contributed by atoms with Crippen LogP contribution in [-0.4, -0.2) is 48.6 Å². The molecule has 4 aromatic rings. The smallest absolute Gasteiger partial charge is 0.326 e. The number of anilines is 1. The van der Waals surface area contributed by atoms with E-state index in [1.54, 1.807) is 12.5 Å². The van der Waals surface area contributed by atoms with Crippen LogP contribution in [-0.2, 0) is 13.5 Å². The van der Waals surface area contributed by atoms with Crippen molar-refractivity contribution in [3.05, 3.63) is 29.3 Å². The number of aromatic nitrogens is 6. The van der Waals surface area contributed by atoms with Gasteiger partial charge < -0.3 is 24.9 Å². The number of imidazole rings is 1. The minimum Gasteiger partial charge on any atom is -0.422 e. The van der Waals surface area contributed by atoms with Gasteiger partial charge in [-0.2, -0.15) is 9.97 Å². The maximum atomic E-state index is 6.63. The normalized spacial score (nSPS) is 17.0. The second-order valence-electron chi connectivity index (χ2n) is 7.29. The van der Waals surface area contributed by atoms with Crippen LogP contribution in [0.4, 0.5) is 5.82 Å². The van der Waals surface area contributed by atoms with Gasteiger partial charge in [0.05, 0.1) is 22.9 Å². The number of nitrogens with zero attached hydrogens (tertiary/aromatic N) is 6. The van der Waals surface area contributed by atoms with E-state index in [1.807, 2.05) is 24.6 Å². The van der Waals surface area contributed by atoms with E-state index in [4.69, 9.17) is 22.1 Å². The Balaban J connectivity index is 1.59. The van der Waals surface area contributed by atoms with Crippen molar-refractivity contribution in [3.63, 3.8) is 0 Å². The van der Waals surface area contributed by atoms with E-state index < -0.39 is 0 Å². The lowest BCUT2D eigenvalue weighted by molar-refractivity contribution is 0.443. The van der Waals surface area contributed by atoms with E-state index in [-0.39, 0.29) is 12.1 Å². The highest BCUT2D eigenvalue weighted by Crippen LogP contribution is 2.36. The Labute approximate surface area is 171 Å². The number of hydrogen-bond acceptors (Lipinski definition) is 7. The molecule has 3 N–H and O–H groups in total. The molecule has 150 valence electrons. The summed E-state index contributed by atoms with van der Waals surface area (Å²) in [5.74, 6) is 1.26. The van der Waals surface area contributed by atoms with Gasteiger partial charge in [-0.15, -0.1) is 0 Å². The molecule has 1 saturated heterocycles. The van der Waals surface area contributed by atoms with Crippen molar-refractivity contribution in [1.29, 1.82) is 0 Å². The minimum atomic E-state index is 0.114. The molecule has 0 aromatic carbocycles. The van der Waals surface area contributed by atoms with Gasteiger partial charge in [-0.05, 0) is 12.8 Å². The molecule has 1 fully saturated rings. The number of rotatable bonds is 4. The summed E-state index contributed by atoms with van der Waals surface area (Å²) >= 11 is 6.63. The lowest BCUT2D eigenvalue weighted by Crippen LogP contribution is -2.27. The van der Waals surface area contributed by atoms with Gasteiger partial charge in [-0.25, -0.2) is 9.97 Å². The Bertz CT molecular complexity index is 1220. The molecule has 10 heteroatoms. The van der Waals surface area contributed by atoms with Gasteiger partial charge in [0.25, 0.3) is 0 Å². The summed E-state index contributed by atoms with van der Waals surface area (Å²) in [6.45, 7) is 3.58. The number of pyridine rings is 1. The number of ether oxygens (including phenoxy) is 1. The average molecular weight is 413 g/mol. The van der Waals surface area contributed by atoms with Crippen LogP contribution < -0.4 is 15.4 Å². The first kappa shape index (κ1) is 18.1. The first-order valence-electron chi connectivity index (χ1n) is 9.57. The number of halogens is 1. The van der Waals surface area contributed by atoms with E-state index in [2.05, 4.69) is 29.8 Å². The largest absolute Gasteiger partial charge is 0.422 e. The molecule has 0 saturated carbocycles. The molecule has 1 aliphatic heterocycles. The van der Waals surface area contributed by atoms with Crippen molar-refractivity contribution in [3.8, 4) is 11.8 Å². The van der Waals surface area contributed by atoms with Gasteiger partial charge in [0.15, 0.2) is 11.4 Å². The van der Waals surface area contributed by atoms with Crippen molar-refractivity contribution in [2.45, 2.75) is 25.8 Å². The number of nitrogens with two attached hydrogens (primary N) is 1. The van der Waals surface area contributed by atoms with E-state index >= 15 is 0 Å². The molecule has 29 heavy (non-hydrogen) atoms. The fourth-order valence-corrected chi connectivity index (χ4v) is 4.08. The van der Waals surface area contributed by atoms with Gasteiger partial charge in [0, 0.05) is 37.9 Å². The van der Waals surface area contributed by atoms with Crippen molar-refractivity contribution in [2.24, 2.45) is 12.8 Å². The number of fused-ring (bicyclic) bond motifs is 2. The Kier molecular flexibility index (Phi) is 4.29. The SMILES string of the molecule is CCc1[nH]c2nc(Oc3cnc4c(c3)ncn4C)nc(N3CCC(N)C3)c2c1Cl. The van der Waals surface area contributed by atoms with Gasteiger partial charge in [-0.3, -0.25) is 0 Å². The molecule has 1 unspecified atom stereocenters. The second-order valence-corrected chi connectivity index (χ2v) is 7.67. The maximum Gasteiger partial charge on any atom is 0.326 e. The molecule has 5 rings (SSSR count). The average Bonchev–Trinajstić information content (AvgIpc) is 3.39. The van der Waals surface area contributed by atoms with Crippen LogP contribution in [0.25, 0.3) is 22.2 Å². The van der Waals surface area contributed by atoms with Crippen molar-refractivity contribution < 1.29 is 4.74 Å². The van der Waals surface area contributed by atoms with E-state index in [0.717, 1.165) is 54.0 Å². The summed E-state index contributed by atoms with van der Waals surface area (Å²) in [4.78, 5) is 23.4. The number of H-pyrrole nitrogens is 1. The molecule has 0 bridgehead atoms. The van der Waals surface area contributed by atoms with Gasteiger partial charge >= 0.3 is 6.01 Å². The highest BCUT2D eigenvalue weighted by atomic mass is 35.5. The highest BCUT2D eigenvalue weighted by molar-refractivity contribution is 6.37. The number of nitrogens with one attached hydrogen (secondary N) is 1. The monoisotopic (exact) mass is 412 g/mol. The highest BCUT2D eigenvalue weighted by Gasteiger charge is 2.26. The predicted molar refractivity (Wildman–Crippen MR) is 112 cm³/mol. The topological polar surface area (TPSA) is 111 Å². The molecular weight excluding hydrogens is 392 g/mol. The Hall–Kier alpha value is -2.91. The van der Waals surface area contributed by atoms with Crippen LogP contribution in [0.3, 0.4) is 0 Å². The first-order chi connectivity index (χ1) is 14.0. The fraction of sp³-hybridized carbons (Fsp3) is 0.368. The zero-order valence-electron chi connectivity index (χ0n) is 16.2. The standard InChI is InChI=1S/C19H21ClN8O/c1-3-12-15(20)14-16(24-12)25-19(26-18(14)28-5-4-10(21)8-28)29-11-6-13-17(22-7-11)27(2)9-23-13/h6-7,9-10H,3-5,8,21H2,1-2H3,(H,24,25,26). The zero-order chi connectivity index (χ0) is 20.1. The zero-order valence-corrected chi connectivity index (χ0v) is 16.9. The lowest BCUT2D eigenvalue weighted by atomic mass is 10.3. The third-order valence-corrected chi connectivity index (χ3v) is 5.65. The van der Waals surface area contributed by atoms with Crippen LogP contribution in [0.1, 0.15) is 19.0 Å². The Morgan fingerprint density at radius 3 is 2.97 bits per heavy atom. The first-order valence-corrected chi connectivity index (χ1v) is 9.94. The van der Waals surface area contributed by atoms with E-state index in [9.17, 15) is 0 Å². The molecule has 5 heterocycles. The summed E-state index contributed by atoms with van der Waals surface area (Å²) in [5, 5.41) is 1.46. The number of aromatic amines is 1. The molecule has 0 spiro atoms. The summed E-state index contributed by atoms with van der Waals surface area (Å²) in [6, 6.07) is 2.16. The Morgan fingerprint density at radius 1 is 1.34 bits per heavy atom. The number of aryl methyl sites for hydroxylation is 2.